The normalized spacial score (nSPS) is 20.8. The Labute approximate surface area is 91.9 Å². The average molecular weight is 221 g/mol. The van der Waals surface area contributed by atoms with E-state index in [2.05, 4.69) is 6.92 Å². The highest BCUT2D eigenvalue weighted by molar-refractivity contribution is 6.21. The lowest BCUT2D eigenvalue weighted by Crippen LogP contribution is -2.13. The van der Waals surface area contributed by atoms with Gasteiger partial charge in [-0.1, -0.05) is 0 Å². The molecule has 0 aromatic carbocycles. The van der Waals surface area contributed by atoms with Crippen molar-refractivity contribution in [2.24, 2.45) is 5.41 Å². The van der Waals surface area contributed by atoms with Gasteiger partial charge in [-0.2, -0.15) is 0 Å². The molecule has 0 saturated heterocycles. The predicted octanol–water partition coefficient (Wildman–Crippen LogP) is 2.84. The van der Waals surface area contributed by atoms with Crippen LogP contribution in [0.4, 0.5) is 0 Å². The number of ether oxygens (including phenoxy) is 2. The van der Waals surface area contributed by atoms with E-state index in [9.17, 15) is 0 Å². The maximum Gasteiger partial charge on any atom is 0.0700 e. The minimum atomic E-state index is 0.321. The van der Waals surface area contributed by atoms with Gasteiger partial charge in [0.15, 0.2) is 0 Å². The van der Waals surface area contributed by atoms with Gasteiger partial charge in [0, 0.05) is 19.1 Å². The maximum atomic E-state index is 6.13. The van der Waals surface area contributed by atoms with Crippen molar-refractivity contribution >= 4 is 11.6 Å². The Morgan fingerprint density at radius 2 is 2.00 bits per heavy atom. The van der Waals surface area contributed by atoms with Gasteiger partial charge in [-0.05, 0) is 38.0 Å². The van der Waals surface area contributed by atoms with E-state index < -0.39 is 0 Å². The highest BCUT2D eigenvalue weighted by Gasteiger charge is 2.45. The molecule has 1 unspecified atom stereocenters. The molecule has 0 spiro atoms. The highest BCUT2D eigenvalue weighted by atomic mass is 35.5. The summed E-state index contributed by atoms with van der Waals surface area (Å²) in [5.41, 5.74) is 0.451. The third-order valence-corrected chi connectivity index (χ3v) is 3.59. The second kappa shape index (κ2) is 5.94. The molecule has 84 valence electrons. The van der Waals surface area contributed by atoms with Crippen molar-refractivity contribution in [3.63, 3.8) is 0 Å². The maximum absolute atomic E-state index is 6.13. The lowest BCUT2D eigenvalue weighted by atomic mass is 9.97. The molecule has 1 aliphatic rings. The number of halogens is 1. The first-order valence-corrected chi connectivity index (χ1v) is 5.86. The quantitative estimate of drug-likeness (QED) is 0.463. The first-order valence-electron chi connectivity index (χ1n) is 5.42. The third-order valence-electron chi connectivity index (χ3n) is 3.13. The van der Waals surface area contributed by atoms with Crippen LogP contribution in [-0.2, 0) is 9.47 Å². The molecule has 0 aromatic heterocycles. The van der Waals surface area contributed by atoms with Crippen LogP contribution in [0.1, 0.15) is 32.6 Å². The van der Waals surface area contributed by atoms with Crippen molar-refractivity contribution in [1.82, 2.24) is 0 Å². The first kappa shape index (κ1) is 12.3. The average Bonchev–Trinajstić information content (AvgIpc) is 2.92. The molecule has 1 atom stereocenters. The number of rotatable bonds is 8. The van der Waals surface area contributed by atoms with Gasteiger partial charge in [0.2, 0.25) is 0 Å². The molecule has 1 fully saturated rings. The van der Waals surface area contributed by atoms with Gasteiger partial charge in [-0.3, -0.25) is 0 Å². The summed E-state index contributed by atoms with van der Waals surface area (Å²) in [5, 5.41) is 0.321. The minimum absolute atomic E-state index is 0.321. The van der Waals surface area contributed by atoms with Gasteiger partial charge in [0.1, 0.15) is 0 Å². The molecule has 0 radical (unpaired) electrons. The Hall–Kier alpha value is 0.210. The molecule has 0 N–H and O–H groups in total. The second-order valence-corrected chi connectivity index (χ2v) is 4.84. The summed E-state index contributed by atoms with van der Waals surface area (Å²) >= 11 is 6.13. The topological polar surface area (TPSA) is 18.5 Å². The van der Waals surface area contributed by atoms with E-state index in [-0.39, 0.29) is 0 Å². The number of hydrogen-bond donors (Lipinski definition) is 0. The molecule has 1 saturated carbocycles. The van der Waals surface area contributed by atoms with Gasteiger partial charge in [0.05, 0.1) is 13.2 Å². The molecule has 14 heavy (non-hydrogen) atoms. The SMILES string of the molecule is COCCOCCCC1(C(C)Cl)CC1. The Morgan fingerprint density at radius 3 is 2.50 bits per heavy atom. The molecule has 0 heterocycles. The minimum Gasteiger partial charge on any atom is -0.382 e. The van der Waals surface area contributed by atoms with E-state index in [1.54, 1.807) is 7.11 Å². The van der Waals surface area contributed by atoms with Crippen LogP contribution in [0.5, 0.6) is 0 Å². The fourth-order valence-electron chi connectivity index (χ4n) is 1.78. The van der Waals surface area contributed by atoms with Gasteiger partial charge in [-0.25, -0.2) is 0 Å². The van der Waals surface area contributed by atoms with Crippen molar-refractivity contribution < 1.29 is 9.47 Å². The molecule has 2 nitrogen and oxygen atoms in total. The van der Waals surface area contributed by atoms with Crippen molar-refractivity contribution in [2.45, 2.75) is 38.0 Å². The largest absolute Gasteiger partial charge is 0.382 e. The summed E-state index contributed by atoms with van der Waals surface area (Å²) in [7, 11) is 1.69. The van der Waals surface area contributed by atoms with Gasteiger partial charge in [0.25, 0.3) is 0 Å². The van der Waals surface area contributed by atoms with Gasteiger partial charge in [-0.15, -0.1) is 11.6 Å². The molecule has 3 heteroatoms. The van der Waals surface area contributed by atoms with Crippen molar-refractivity contribution in [3.05, 3.63) is 0 Å². The van der Waals surface area contributed by atoms with E-state index in [1.807, 2.05) is 0 Å². The summed E-state index contributed by atoms with van der Waals surface area (Å²) in [6.45, 7) is 4.35. The summed E-state index contributed by atoms with van der Waals surface area (Å²) in [5.74, 6) is 0. The van der Waals surface area contributed by atoms with E-state index in [0.717, 1.165) is 13.0 Å². The Balaban J connectivity index is 1.94. The molecule has 0 bridgehead atoms. The van der Waals surface area contributed by atoms with Crippen LogP contribution in [0.25, 0.3) is 0 Å². The standard InChI is InChI=1S/C11H21ClO2/c1-10(12)11(5-6-11)4-3-7-14-9-8-13-2/h10H,3-9H2,1-2H3. The van der Waals surface area contributed by atoms with E-state index in [4.69, 9.17) is 21.1 Å². The van der Waals surface area contributed by atoms with Crippen molar-refractivity contribution in [1.29, 1.82) is 0 Å². The summed E-state index contributed by atoms with van der Waals surface area (Å²) in [4.78, 5) is 0. The van der Waals surface area contributed by atoms with Crippen LogP contribution in [0.15, 0.2) is 0 Å². The summed E-state index contributed by atoms with van der Waals surface area (Å²) in [6.07, 6.45) is 4.94. The molecular formula is C11H21ClO2. The van der Waals surface area contributed by atoms with E-state index in [1.165, 1.54) is 19.3 Å². The first-order chi connectivity index (χ1) is 6.71. The van der Waals surface area contributed by atoms with Crippen LogP contribution in [0.2, 0.25) is 0 Å². The Bertz CT molecular complexity index is 155. The predicted molar refractivity (Wildman–Crippen MR) is 58.9 cm³/mol. The lowest BCUT2D eigenvalue weighted by Gasteiger charge is -2.17. The van der Waals surface area contributed by atoms with Crippen LogP contribution < -0.4 is 0 Å². The van der Waals surface area contributed by atoms with Gasteiger partial charge < -0.3 is 9.47 Å². The van der Waals surface area contributed by atoms with E-state index in [0.29, 0.717) is 24.0 Å². The number of alkyl halides is 1. The van der Waals surface area contributed by atoms with Gasteiger partial charge >= 0.3 is 0 Å². The Kier molecular flexibility index (Phi) is 5.21. The molecule has 0 aliphatic heterocycles. The van der Waals surface area contributed by atoms with E-state index >= 15 is 0 Å². The summed E-state index contributed by atoms with van der Waals surface area (Å²) < 4.78 is 10.3. The van der Waals surface area contributed by atoms with Crippen LogP contribution in [0, 0.1) is 5.41 Å². The van der Waals surface area contributed by atoms with Crippen molar-refractivity contribution in [2.75, 3.05) is 26.9 Å². The molecule has 1 rings (SSSR count). The van der Waals surface area contributed by atoms with Crippen molar-refractivity contribution in [3.8, 4) is 0 Å². The number of methoxy groups -OCH3 is 1. The molecular weight excluding hydrogens is 200 g/mol. The zero-order valence-electron chi connectivity index (χ0n) is 9.22. The van der Waals surface area contributed by atoms with Crippen LogP contribution in [0.3, 0.4) is 0 Å². The zero-order valence-corrected chi connectivity index (χ0v) is 9.98. The monoisotopic (exact) mass is 220 g/mol. The highest BCUT2D eigenvalue weighted by Crippen LogP contribution is 2.54. The lowest BCUT2D eigenvalue weighted by molar-refractivity contribution is 0.0667. The van der Waals surface area contributed by atoms with Crippen LogP contribution in [-0.4, -0.2) is 32.3 Å². The molecule has 0 amide bonds. The molecule has 0 aromatic rings. The fourth-order valence-corrected chi connectivity index (χ4v) is 2.11. The zero-order chi connectivity index (χ0) is 10.4. The summed E-state index contributed by atoms with van der Waals surface area (Å²) in [6, 6.07) is 0. The third kappa shape index (κ3) is 3.76. The Morgan fingerprint density at radius 1 is 1.29 bits per heavy atom. The smallest absolute Gasteiger partial charge is 0.0700 e. The fraction of sp³-hybridized carbons (Fsp3) is 1.00. The molecule has 1 aliphatic carbocycles. The van der Waals surface area contributed by atoms with Crippen LogP contribution >= 0.6 is 11.6 Å². The second-order valence-electron chi connectivity index (χ2n) is 4.19. The number of hydrogen-bond acceptors (Lipinski definition) is 2.